The van der Waals surface area contributed by atoms with Gasteiger partial charge in [-0.15, -0.1) is 0 Å². The summed E-state index contributed by atoms with van der Waals surface area (Å²) in [5.74, 6) is -0.877. The zero-order valence-corrected chi connectivity index (χ0v) is 28.6. The van der Waals surface area contributed by atoms with Crippen LogP contribution in [0.1, 0.15) is 83.8 Å². The van der Waals surface area contributed by atoms with E-state index in [1.807, 2.05) is 12.1 Å². The van der Waals surface area contributed by atoms with E-state index in [1.54, 1.807) is 31.1 Å². The molecule has 2 bridgehead atoms. The van der Waals surface area contributed by atoms with Crippen molar-refractivity contribution >= 4 is 28.5 Å². The van der Waals surface area contributed by atoms with E-state index in [4.69, 9.17) is 10.5 Å². The number of ether oxygens (including phenoxy) is 1. The Morgan fingerprint density at radius 1 is 1.02 bits per heavy atom. The number of Topliss-reactive ketones (excluding diaryl/α,β-unsaturated/α-hetero) is 1. The molecule has 1 saturated carbocycles. The van der Waals surface area contributed by atoms with Crippen LogP contribution in [0.2, 0.25) is 0 Å². The van der Waals surface area contributed by atoms with Gasteiger partial charge in [-0.1, -0.05) is 25.3 Å². The van der Waals surface area contributed by atoms with Gasteiger partial charge >= 0.3 is 6.18 Å². The predicted molar refractivity (Wildman–Crippen MR) is 180 cm³/mol. The number of benzene rings is 1. The van der Waals surface area contributed by atoms with Crippen LogP contribution in [0, 0.1) is 19.3 Å². The summed E-state index contributed by atoms with van der Waals surface area (Å²) in [5.41, 5.74) is 7.95. The molecule has 51 heavy (non-hydrogen) atoms. The molecule has 14 heteroatoms. The Morgan fingerprint density at radius 3 is 2.51 bits per heavy atom. The van der Waals surface area contributed by atoms with E-state index in [0.717, 1.165) is 54.9 Å². The average molecular weight is 704 g/mol. The maximum absolute atomic E-state index is 14.4. The molecule has 2 N–H and O–H groups in total. The van der Waals surface area contributed by atoms with Crippen LogP contribution in [0.5, 0.6) is 0 Å². The molecule has 2 fully saturated rings. The second-order valence-electron chi connectivity index (χ2n) is 14.2. The first-order chi connectivity index (χ1) is 24.3. The van der Waals surface area contributed by atoms with Crippen molar-refractivity contribution in [3.8, 4) is 11.1 Å². The van der Waals surface area contributed by atoms with Gasteiger partial charge in [-0.25, -0.2) is 15.0 Å². The Balaban J connectivity index is 1.27. The molecule has 4 aromatic rings. The first-order valence-electron chi connectivity index (χ1n) is 17.4. The fourth-order valence-corrected chi connectivity index (χ4v) is 7.80. The summed E-state index contributed by atoms with van der Waals surface area (Å²) in [6, 6.07) is 4.90. The summed E-state index contributed by atoms with van der Waals surface area (Å²) in [6.07, 6.45) is 4.84. The van der Waals surface area contributed by atoms with E-state index < -0.39 is 29.2 Å². The molecule has 0 radical (unpaired) electrons. The third kappa shape index (κ3) is 6.85. The molecular formula is C37H40F3N7O4. The normalized spacial score (nSPS) is 22.8. The fourth-order valence-electron chi connectivity index (χ4n) is 7.80. The Labute approximate surface area is 292 Å². The highest BCUT2D eigenvalue weighted by molar-refractivity contribution is 6.06. The number of hydrogen-bond donors (Lipinski definition) is 1. The number of amides is 2. The highest BCUT2D eigenvalue weighted by Crippen LogP contribution is 2.60. The van der Waals surface area contributed by atoms with Gasteiger partial charge in [0.25, 0.3) is 5.91 Å². The Bertz CT molecular complexity index is 2010. The molecule has 0 spiro atoms. The topological polar surface area (TPSA) is 146 Å². The monoisotopic (exact) mass is 703 g/mol. The number of piperidine rings is 1. The second kappa shape index (κ2) is 13.4. The van der Waals surface area contributed by atoms with Crippen LogP contribution in [0.4, 0.5) is 13.2 Å². The van der Waals surface area contributed by atoms with Crippen LogP contribution in [0.15, 0.2) is 36.7 Å². The molecular weight excluding hydrogens is 663 g/mol. The van der Waals surface area contributed by atoms with Gasteiger partial charge in [0, 0.05) is 41.4 Å². The molecule has 11 nitrogen and oxygen atoms in total. The molecule has 1 aliphatic carbocycles. The first kappa shape index (κ1) is 34.7. The van der Waals surface area contributed by atoms with E-state index >= 15 is 0 Å². The number of ketones is 1. The number of pyridine rings is 1. The van der Waals surface area contributed by atoms with E-state index in [-0.39, 0.29) is 42.1 Å². The summed E-state index contributed by atoms with van der Waals surface area (Å²) in [4.78, 5) is 55.2. The van der Waals surface area contributed by atoms with Crippen molar-refractivity contribution in [3.05, 3.63) is 70.7 Å². The third-order valence-corrected chi connectivity index (χ3v) is 10.6. The number of hydrogen-bond acceptors (Lipinski definition) is 8. The van der Waals surface area contributed by atoms with Gasteiger partial charge in [0.2, 0.25) is 5.91 Å². The van der Waals surface area contributed by atoms with E-state index in [9.17, 15) is 27.6 Å². The Kier molecular flexibility index (Phi) is 9.15. The van der Waals surface area contributed by atoms with Gasteiger partial charge in [0.05, 0.1) is 30.3 Å². The molecule has 3 aromatic heterocycles. The van der Waals surface area contributed by atoms with Crippen molar-refractivity contribution in [2.24, 2.45) is 11.1 Å². The van der Waals surface area contributed by atoms with Crippen LogP contribution >= 0.6 is 0 Å². The number of carbonyl (C=O) groups is 3. The van der Waals surface area contributed by atoms with Gasteiger partial charge < -0.3 is 15.4 Å². The van der Waals surface area contributed by atoms with Crippen LogP contribution in [0.25, 0.3) is 22.0 Å². The second-order valence-corrected chi connectivity index (χ2v) is 14.2. The van der Waals surface area contributed by atoms with Crippen molar-refractivity contribution in [2.45, 2.75) is 96.4 Å². The molecule has 1 saturated heterocycles. The lowest BCUT2D eigenvalue weighted by molar-refractivity contribution is -0.141. The molecule has 3 aliphatic rings. The maximum atomic E-state index is 14.4. The zero-order valence-electron chi connectivity index (χ0n) is 28.6. The third-order valence-electron chi connectivity index (χ3n) is 10.6. The number of rotatable bonds is 5. The minimum Gasteiger partial charge on any atom is -0.381 e. The minimum atomic E-state index is -4.66. The summed E-state index contributed by atoms with van der Waals surface area (Å²) in [5, 5.41) is 5.09. The predicted octanol–water partition coefficient (Wildman–Crippen LogP) is 5.32. The van der Waals surface area contributed by atoms with Crippen LogP contribution in [-0.2, 0) is 39.9 Å². The molecule has 0 unspecified atom stereocenters. The van der Waals surface area contributed by atoms with Crippen molar-refractivity contribution in [3.63, 3.8) is 0 Å². The highest BCUT2D eigenvalue weighted by atomic mass is 19.4. The molecule has 7 rings (SSSR count). The largest absolute Gasteiger partial charge is 0.433 e. The average Bonchev–Trinajstić information content (AvgIpc) is 3.48. The maximum Gasteiger partial charge on any atom is 0.433 e. The number of primary amides is 1. The number of nitrogens with zero attached hydrogens (tertiary/aromatic N) is 6. The van der Waals surface area contributed by atoms with Crippen molar-refractivity contribution in [1.29, 1.82) is 0 Å². The van der Waals surface area contributed by atoms with Gasteiger partial charge in [0.1, 0.15) is 18.1 Å². The van der Waals surface area contributed by atoms with Crippen molar-refractivity contribution < 1.29 is 32.3 Å². The molecule has 1 aromatic carbocycles. The molecule has 2 amide bonds. The summed E-state index contributed by atoms with van der Waals surface area (Å²) >= 11 is 0. The number of alkyl halides is 3. The van der Waals surface area contributed by atoms with Crippen molar-refractivity contribution in [2.75, 3.05) is 13.2 Å². The van der Waals surface area contributed by atoms with Crippen LogP contribution in [0.3, 0.4) is 0 Å². The van der Waals surface area contributed by atoms with Crippen LogP contribution < -0.4 is 5.73 Å². The van der Waals surface area contributed by atoms with Crippen molar-refractivity contribution in [1.82, 2.24) is 29.6 Å². The van der Waals surface area contributed by atoms with E-state index in [0.29, 0.717) is 54.8 Å². The first-order valence-corrected chi connectivity index (χ1v) is 17.4. The SMILES string of the molecule is Cc1ncc(-c2cc3c4c(c2)c(C(N)=O)nn4CC(=O)N2[C@H](C(=O)Cc4nc(C(F)(F)F)ccc4C)C[C@@]4(COCCCCCCC3)C[C@@H]24)cn1. The smallest absolute Gasteiger partial charge is 0.381 e. The molecule has 3 atom stereocenters. The number of carbonyl (C=O) groups excluding carboxylic acids is 3. The number of aromatic nitrogens is 5. The lowest BCUT2D eigenvalue weighted by Crippen LogP contribution is -2.45. The number of aryl methyl sites for hydroxylation is 3. The molecule has 268 valence electrons. The van der Waals surface area contributed by atoms with Crippen LogP contribution in [-0.4, -0.2) is 72.5 Å². The van der Waals surface area contributed by atoms with Gasteiger partial charge in [-0.2, -0.15) is 18.3 Å². The molecule has 5 heterocycles. The summed E-state index contributed by atoms with van der Waals surface area (Å²) in [6.45, 7) is 4.11. The Hall–Kier alpha value is -4.72. The standard InChI is InChI=1S/C37H40F3N7O4/c1-21-9-10-30(37(38,39)40)44-27(21)14-29(48)28-15-36-16-31(36)47(28)32(49)19-46-34-23(8-6-4-3-5-7-11-51-20-36)12-24(25-17-42-22(2)43-18-25)13-26(34)33(45-46)35(41)50/h9-10,12-13,17-18,28,31H,3-8,11,14-16,19-20H2,1-2H3,(H2,41,50)/t28-,31+,36-/m0/s1. The summed E-state index contributed by atoms with van der Waals surface area (Å²) < 4.78 is 48.1. The Morgan fingerprint density at radius 2 is 1.76 bits per heavy atom. The van der Waals surface area contributed by atoms with Gasteiger partial charge in [0.15, 0.2) is 11.5 Å². The number of halogens is 3. The molecule has 2 aliphatic heterocycles. The van der Waals surface area contributed by atoms with E-state index in [1.165, 1.54) is 10.7 Å². The lowest BCUT2D eigenvalue weighted by atomic mass is 9.95. The summed E-state index contributed by atoms with van der Waals surface area (Å²) in [7, 11) is 0. The van der Waals surface area contributed by atoms with Gasteiger partial charge in [-0.05, 0) is 80.8 Å². The minimum absolute atomic E-state index is 0.0256. The number of nitrogens with two attached hydrogens (primary N) is 1. The quantitative estimate of drug-likeness (QED) is 0.294. The fraction of sp³-hybridized carbons (Fsp3) is 0.486. The van der Waals surface area contributed by atoms with E-state index in [2.05, 4.69) is 20.1 Å². The lowest BCUT2D eigenvalue weighted by Gasteiger charge is -2.27. The highest BCUT2D eigenvalue weighted by Gasteiger charge is 2.67. The van der Waals surface area contributed by atoms with Gasteiger partial charge in [-0.3, -0.25) is 19.1 Å². The zero-order chi connectivity index (χ0) is 36.1.